The van der Waals surface area contributed by atoms with E-state index in [0.29, 0.717) is 85.1 Å². The predicted molar refractivity (Wildman–Crippen MR) is 458 cm³/mol. The fourth-order valence-corrected chi connectivity index (χ4v) is 18.2. The quantitative estimate of drug-likeness (QED) is 0.0328. The first-order valence-electron chi connectivity index (χ1n) is 41.3. The third-order valence-corrected chi connectivity index (χ3v) is 24.5. The van der Waals surface area contributed by atoms with Crippen molar-refractivity contribution in [3.8, 4) is 11.1 Å². The standard InChI is InChI=1S/C25H21ClO4.C23H27ClN2O4.C22H25ClN2O4.C13H18N2O3.C3H8O.3C2H6O/c26-23-12-6-1-7-16(23)13-17(25(28)29)14-24(27)30-15-22-20-10-4-2-8-18(20)19-9-3-5-11-21(19)22;1-15(14-16-6-3-4-7-18(16)24)20(27)25-13-5-11-23(25)12-10-17-8-9-19(21(28)30-2)26(17)22(23)29;1-14(13-15-5-2-3-6-17(15)23)19(26)24-12-4-10-22(24)11-9-16-7-8-18(20(27)28)25(16)21(22)29;1-18-11(16)10-4-3-9-5-7-13(6-2-8-14-13)12(17)15(9)10;1-3-4-2;1-3-2;2*1-2-3/h1-12,17,22H,13-15H2,(H,28,29);3-4,6-7,10,12,15,17,19H,5,8-9,11,13-14H2,1-2H3;2-3,5-6,9,11,14,16,18H,4,7-8,10,12-13H2,1H3,(H,27,28);5,7,9-10,14H,2-4,6,8H2,1H3;3H2,1-2H3;1-2H3;2*3H,2H2,1H3/t17-;15-,17-,19-,23+;14-,16-,18-,22+;9-,10-,13+;;;;/m1000..../s1. The molecular formula is C92H117Cl3N6O19. The van der Waals surface area contributed by atoms with E-state index in [9.17, 15) is 58.2 Å². The van der Waals surface area contributed by atoms with Crippen LogP contribution in [0, 0.1) is 17.8 Å². The number of nitrogens with zero attached hydrogens (tertiary/aromatic N) is 5. The number of hydrogen-bond donors (Lipinski definition) is 5. The van der Waals surface area contributed by atoms with E-state index < -0.39 is 58.6 Å². The molecular weight excluding hydrogens is 1600 g/mol. The third-order valence-electron chi connectivity index (χ3n) is 23.4. The molecule has 5 N–H and O–H groups in total. The van der Waals surface area contributed by atoms with E-state index >= 15 is 0 Å². The maximum absolute atomic E-state index is 13.7. The number of aliphatic carboxylic acids is 2. The summed E-state index contributed by atoms with van der Waals surface area (Å²) in [5.74, 6) is -5.31. The number of carboxylic acids is 2. The fourth-order valence-electron chi connectivity index (χ4n) is 17.6. The first kappa shape index (κ1) is 96.2. The highest BCUT2D eigenvalue weighted by Gasteiger charge is 2.59. The first-order chi connectivity index (χ1) is 57.6. The number of carbonyl (C=O) groups excluding carboxylic acids is 8. The molecule has 9 aliphatic heterocycles. The number of halogens is 3. The Hall–Kier alpha value is -9.31. The summed E-state index contributed by atoms with van der Waals surface area (Å²) in [6, 6.07) is 36.2. The van der Waals surface area contributed by atoms with Gasteiger partial charge in [0.1, 0.15) is 41.3 Å². The molecule has 0 aromatic heterocycles. The average Bonchev–Trinajstić information content (AvgIpc) is 1.55. The minimum absolute atomic E-state index is 0.0420. The van der Waals surface area contributed by atoms with Gasteiger partial charge in [0.05, 0.1) is 44.7 Å². The summed E-state index contributed by atoms with van der Waals surface area (Å²) in [6.07, 6.45) is 21.1. The molecule has 1 aliphatic carbocycles. The second-order valence-corrected chi connectivity index (χ2v) is 32.3. The number of rotatable bonds is 17. The number of aliphatic hydroxyl groups is 2. The molecule has 12 atom stereocenters. The number of esters is 3. The van der Waals surface area contributed by atoms with Crippen LogP contribution in [-0.2, 0) is 90.9 Å². The molecule has 25 nitrogen and oxygen atoms in total. The molecule has 5 aromatic carbocycles. The normalized spacial score (nSPS) is 24.1. The minimum atomic E-state index is -1.06. The number of likely N-dealkylation sites (tertiary alicyclic amines) is 2. The van der Waals surface area contributed by atoms with Crippen molar-refractivity contribution in [1.82, 2.24) is 29.8 Å². The summed E-state index contributed by atoms with van der Waals surface area (Å²) < 4.78 is 24.1. The van der Waals surface area contributed by atoms with Gasteiger partial charge in [-0.2, -0.15) is 0 Å². The van der Waals surface area contributed by atoms with Gasteiger partial charge in [-0.25, -0.2) is 14.4 Å². The molecule has 0 saturated carbocycles. The van der Waals surface area contributed by atoms with E-state index in [1.165, 1.54) is 19.1 Å². The summed E-state index contributed by atoms with van der Waals surface area (Å²) in [5.41, 5.74) is 4.45. The fraction of sp³-hybridized carbons (Fsp3) is 0.500. The zero-order valence-corrected chi connectivity index (χ0v) is 72.6. The number of carboxylic acid groups (broad SMARTS) is 2. The molecule has 0 radical (unpaired) electrons. The van der Waals surface area contributed by atoms with Crippen LogP contribution in [0.4, 0.5) is 0 Å². The number of fused-ring (bicyclic) bond motifs is 6. The molecule has 650 valence electrons. The van der Waals surface area contributed by atoms with E-state index in [0.717, 1.165) is 85.1 Å². The lowest BCUT2D eigenvalue weighted by atomic mass is 9.87. The van der Waals surface area contributed by atoms with Gasteiger partial charge in [0, 0.05) is 87.1 Å². The molecule has 15 rings (SSSR count). The average molecular weight is 1720 g/mol. The summed E-state index contributed by atoms with van der Waals surface area (Å²) in [6.45, 7) is 12.4. The van der Waals surface area contributed by atoms with Crippen LogP contribution >= 0.6 is 34.8 Å². The number of nitrogens with one attached hydrogen (secondary N) is 1. The van der Waals surface area contributed by atoms with Crippen LogP contribution in [-0.4, -0.2) is 239 Å². The molecule has 0 unspecified atom stereocenters. The highest BCUT2D eigenvalue weighted by atomic mass is 35.5. The van der Waals surface area contributed by atoms with Crippen molar-refractivity contribution < 1.29 is 92.1 Å². The van der Waals surface area contributed by atoms with E-state index in [1.54, 1.807) is 85.1 Å². The van der Waals surface area contributed by atoms with Crippen LogP contribution in [0.15, 0.2) is 158 Å². The Morgan fingerprint density at radius 2 is 0.883 bits per heavy atom. The molecule has 5 aromatic rings. The maximum Gasteiger partial charge on any atom is 0.328 e. The van der Waals surface area contributed by atoms with Gasteiger partial charge in [0.25, 0.3) is 11.8 Å². The van der Waals surface area contributed by atoms with Crippen molar-refractivity contribution in [2.24, 2.45) is 17.8 Å². The van der Waals surface area contributed by atoms with Crippen LogP contribution in [0.25, 0.3) is 11.1 Å². The number of ether oxygens (including phenoxy) is 5. The second kappa shape index (κ2) is 45.5. The van der Waals surface area contributed by atoms with Gasteiger partial charge in [0.2, 0.25) is 17.7 Å². The van der Waals surface area contributed by atoms with Gasteiger partial charge in [0.15, 0.2) is 0 Å². The van der Waals surface area contributed by atoms with Crippen molar-refractivity contribution in [2.45, 2.75) is 196 Å². The molecule has 120 heavy (non-hydrogen) atoms. The maximum atomic E-state index is 13.7. The van der Waals surface area contributed by atoms with Crippen molar-refractivity contribution in [1.29, 1.82) is 0 Å². The van der Waals surface area contributed by atoms with Gasteiger partial charge in [-0.05, 0) is 181 Å². The zero-order chi connectivity index (χ0) is 87.6. The van der Waals surface area contributed by atoms with Gasteiger partial charge >= 0.3 is 29.8 Å². The smallest absolute Gasteiger partial charge is 0.328 e. The lowest BCUT2D eigenvalue weighted by Crippen LogP contribution is -2.63. The third kappa shape index (κ3) is 22.3. The summed E-state index contributed by atoms with van der Waals surface area (Å²) >= 11 is 18.7. The topological polar surface area (TPSA) is 326 Å². The first-order valence-corrected chi connectivity index (χ1v) is 42.5. The molecule has 10 aliphatic rings. The lowest BCUT2D eigenvalue weighted by molar-refractivity contribution is -0.158. The summed E-state index contributed by atoms with van der Waals surface area (Å²) in [5, 5.41) is 39.3. The Bertz CT molecular complexity index is 4410. The van der Waals surface area contributed by atoms with Crippen LogP contribution in [0.2, 0.25) is 15.1 Å². The Balaban J connectivity index is 0.000000192. The highest BCUT2D eigenvalue weighted by Crippen LogP contribution is 2.47. The van der Waals surface area contributed by atoms with Crippen LogP contribution in [0.5, 0.6) is 0 Å². The van der Waals surface area contributed by atoms with Gasteiger partial charge in [-0.3, -0.25) is 33.6 Å². The lowest BCUT2D eigenvalue weighted by Gasteiger charge is -2.44. The molecule has 28 heteroatoms. The van der Waals surface area contributed by atoms with Gasteiger partial charge < -0.3 is 73.9 Å². The van der Waals surface area contributed by atoms with Gasteiger partial charge in [-0.15, -0.1) is 0 Å². The van der Waals surface area contributed by atoms with E-state index in [4.69, 9.17) is 59.2 Å². The van der Waals surface area contributed by atoms with E-state index in [-0.39, 0.29) is 110 Å². The van der Waals surface area contributed by atoms with Gasteiger partial charge in [-0.1, -0.05) is 188 Å². The monoisotopic (exact) mass is 1710 g/mol. The largest absolute Gasteiger partial charge is 0.481 e. The number of aliphatic hydroxyl groups excluding tert-OH is 2. The van der Waals surface area contributed by atoms with Crippen molar-refractivity contribution in [3.05, 3.63) is 201 Å². The Morgan fingerprint density at radius 1 is 0.508 bits per heavy atom. The molecule has 6 fully saturated rings. The predicted octanol–water partition coefficient (Wildman–Crippen LogP) is 12.3. The van der Waals surface area contributed by atoms with Crippen LogP contribution in [0.1, 0.15) is 152 Å². The molecule has 3 spiro atoms. The number of amides is 5. The number of methoxy groups -OCH3 is 4. The SMILES string of the molecule is CCO.CCO.CCOC.COC.COC(=O)[C@@H]1CC[C@H]2C=C[C@]3(CCCN3)C(=O)N21.COC(=O)[C@@H]1CC[C@H]2C=C[C@]3(CCCN3C(=O)[C@@H](C)Cc3ccccc3Cl)C(=O)N21.C[C@@H](Cc1ccccc1Cl)C(=O)N1CCC[C@]12C=C[C@@H]1CC[C@@H](C(=O)O)N1C2=O.O=C(C[C@@H](Cc1ccccc1Cl)C(=O)O)OCC1c2ccccc2-c2ccccc21. The van der Waals surface area contributed by atoms with E-state index in [2.05, 4.69) is 33.0 Å². The Labute approximate surface area is 719 Å². The molecule has 9 heterocycles. The second-order valence-electron chi connectivity index (χ2n) is 31.1. The number of carbonyl (C=O) groups is 10. The zero-order valence-electron chi connectivity index (χ0n) is 70.3. The molecule has 5 amide bonds. The van der Waals surface area contributed by atoms with Crippen LogP contribution in [0.3, 0.4) is 0 Å². The van der Waals surface area contributed by atoms with Crippen molar-refractivity contribution in [3.63, 3.8) is 0 Å². The summed E-state index contributed by atoms with van der Waals surface area (Å²) in [7, 11) is 7.65. The van der Waals surface area contributed by atoms with Crippen molar-refractivity contribution in [2.75, 3.05) is 81.6 Å². The Kier molecular flexibility index (Phi) is 36.5. The minimum Gasteiger partial charge on any atom is -0.481 e. The molecule has 6 saturated heterocycles. The van der Waals surface area contributed by atoms with E-state index in [1.807, 2.05) is 130 Å². The molecule has 0 bridgehead atoms. The van der Waals surface area contributed by atoms with Crippen LogP contribution < -0.4 is 5.32 Å². The van der Waals surface area contributed by atoms with Crippen molar-refractivity contribution >= 4 is 94.2 Å². The number of hydrogen-bond acceptors (Lipinski definition) is 18. The number of benzene rings is 5. The summed E-state index contributed by atoms with van der Waals surface area (Å²) in [4.78, 5) is 135. The Morgan fingerprint density at radius 3 is 1.27 bits per heavy atom. The highest BCUT2D eigenvalue weighted by molar-refractivity contribution is 6.32.